The van der Waals surface area contributed by atoms with Gasteiger partial charge in [0, 0.05) is 44.3 Å². The molecule has 8 nitrogen and oxygen atoms in total. The molecule has 4 heterocycles. The van der Waals surface area contributed by atoms with Crippen molar-refractivity contribution in [3.8, 4) is 6.07 Å². The van der Waals surface area contributed by atoms with Gasteiger partial charge in [0.2, 0.25) is 0 Å². The van der Waals surface area contributed by atoms with Crippen LogP contribution in [-0.4, -0.2) is 49.4 Å². The van der Waals surface area contributed by atoms with Crippen LogP contribution in [0.15, 0.2) is 40.8 Å². The quantitative estimate of drug-likeness (QED) is 0.462. The number of nitriles is 1. The minimum atomic E-state index is -0.0671. The Kier molecular flexibility index (Phi) is 5.43. The summed E-state index contributed by atoms with van der Waals surface area (Å²) in [5, 5.41) is 13.7. The van der Waals surface area contributed by atoms with Gasteiger partial charge < -0.3 is 9.47 Å². The Bertz CT molecular complexity index is 1430. The molecule has 0 aliphatic carbocycles. The molecule has 1 fully saturated rings. The SMILES string of the molecule is CC(c1ccc2ncsc2c1)N1C[C@H](C)N(c2cc(=O)n(C)c3cn(CC#N)nc23)C[C@H]1C. The summed E-state index contributed by atoms with van der Waals surface area (Å²) < 4.78 is 4.42. The number of anilines is 1. The summed E-state index contributed by atoms with van der Waals surface area (Å²) in [6.45, 7) is 8.53. The van der Waals surface area contributed by atoms with Crippen LogP contribution in [0.1, 0.15) is 32.4 Å². The zero-order valence-corrected chi connectivity index (χ0v) is 20.1. The third-order valence-electron chi connectivity index (χ3n) is 6.85. The van der Waals surface area contributed by atoms with Crippen LogP contribution in [0.25, 0.3) is 21.3 Å². The van der Waals surface area contributed by atoms with Crippen molar-refractivity contribution in [1.82, 2.24) is 24.2 Å². The van der Waals surface area contributed by atoms with Crippen molar-refractivity contribution < 1.29 is 0 Å². The lowest BCUT2D eigenvalue weighted by molar-refractivity contribution is 0.119. The lowest BCUT2D eigenvalue weighted by Crippen LogP contribution is -2.57. The van der Waals surface area contributed by atoms with E-state index in [0.29, 0.717) is 0 Å². The topological polar surface area (TPSA) is 83.0 Å². The Morgan fingerprint density at radius 3 is 2.85 bits per heavy atom. The van der Waals surface area contributed by atoms with E-state index >= 15 is 0 Å². The highest BCUT2D eigenvalue weighted by Crippen LogP contribution is 2.33. The predicted molar refractivity (Wildman–Crippen MR) is 132 cm³/mol. The lowest BCUT2D eigenvalue weighted by atomic mass is 10.00. The Hall–Kier alpha value is -3.22. The fourth-order valence-electron chi connectivity index (χ4n) is 4.96. The van der Waals surface area contributed by atoms with Crippen molar-refractivity contribution in [3.63, 3.8) is 0 Å². The maximum atomic E-state index is 12.7. The number of piperazine rings is 1. The predicted octanol–water partition coefficient (Wildman–Crippen LogP) is 3.53. The van der Waals surface area contributed by atoms with Crippen LogP contribution >= 0.6 is 11.3 Å². The fourth-order valence-corrected chi connectivity index (χ4v) is 5.69. The highest BCUT2D eigenvalue weighted by molar-refractivity contribution is 7.16. The second-order valence-corrected chi connectivity index (χ2v) is 9.83. The first-order chi connectivity index (χ1) is 15.9. The molecule has 1 aromatic carbocycles. The van der Waals surface area contributed by atoms with E-state index in [0.717, 1.165) is 35.3 Å². The normalized spacial score (nSPS) is 20.4. The van der Waals surface area contributed by atoms with Gasteiger partial charge in [-0.1, -0.05) is 6.07 Å². The van der Waals surface area contributed by atoms with Gasteiger partial charge in [0.1, 0.15) is 12.1 Å². The largest absolute Gasteiger partial charge is 0.364 e. The molecule has 0 amide bonds. The summed E-state index contributed by atoms with van der Waals surface area (Å²) in [5.74, 6) is 0. The van der Waals surface area contributed by atoms with Gasteiger partial charge in [-0.2, -0.15) is 10.4 Å². The molecule has 3 atom stereocenters. The summed E-state index contributed by atoms with van der Waals surface area (Å²) >= 11 is 1.68. The Morgan fingerprint density at radius 2 is 2.06 bits per heavy atom. The highest BCUT2D eigenvalue weighted by Gasteiger charge is 2.34. The first-order valence-corrected chi connectivity index (χ1v) is 12.0. The van der Waals surface area contributed by atoms with Crippen molar-refractivity contribution in [2.45, 2.75) is 45.4 Å². The molecule has 3 aromatic heterocycles. The maximum Gasteiger partial charge on any atom is 0.252 e. The number of aromatic nitrogens is 4. The maximum absolute atomic E-state index is 12.7. The molecule has 4 aromatic rings. The van der Waals surface area contributed by atoms with Crippen molar-refractivity contribution in [2.24, 2.45) is 7.05 Å². The molecule has 9 heteroatoms. The van der Waals surface area contributed by atoms with Gasteiger partial charge in [-0.15, -0.1) is 11.3 Å². The zero-order valence-electron chi connectivity index (χ0n) is 19.3. The van der Waals surface area contributed by atoms with Crippen LogP contribution in [0.2, 0.25) is 0 Å². The average Bonchev–Trinajstić information content (AvgIpc) is 3.44. The van der Waals surface area contributed by atoms with Crippen molar-refractivity contribution in [2.75, 3.05) is 18.0 Å². The summed E-state index contributed by atoms with van der Waals surface area (Å²) in [6, 6.07) is 11.1. The number of thiazole rings is 1. The number of aryl methyl sites for hydroxylation is 1. The van der Waals surface area contributed by atoms with Crippen molar-refractivity contribution >= 4 is 38.3 Å². The molecule has 0 radical (unpaired) electrons. The highest BCUT2D eigenvalue weighted by atomic mass is 32.1. The van der Waals surface area contributed by atoms with Crippen LogP contribution in [0, 0.1) is 11.3 Å². The molecule has 0 N–H and O–H groups in total. The molecule has 0 spiro atoms. The van der Waals surface area contributed by atoms with E-state index in [1.807, 2.05) is 5.51 Å². The molecular weight excluding hydrogens is 434 g/mol. The van der Waals surface area contributed by atoms with Gasteiger partial charge in [0.15, 0.2) is 0 Å². The second-order valence-electron chi connectivity index (χ2n) is 8.95. The van der Waals surface area contributed by atoms with E-state index in [2.05, 4.69) is 64.9 Å². The monoisotopic (exact) mass is 461 g/mol. The third kappa shape index (κ3) is 3.69. The summed E-state index contributed by atoms with van der Waals surface area (Å²) in [4.78, 5) is 22.0. The summed E-state index contributed by atoms with van der Waals surface area (Å²) in [6.07, 6.45) is 1.78. The van der Waals surface area contributed by atoms with Crippen molar-refractivity contribution in [1.29, 1.82) is 5.26 Å². The third-order valence-corrected chi connectivity index (χ3v) is 7.64. The molecule has 1 unspecified atom stereocenters. The molecular formula is C24H27N7OS. The molecule has 0 saturated carbocycles. The minimum Gasteiger partial charge on any atom is -0.364 e. The summed E-state index contributed by atoms with van der Waals surface area (Å²) in [7, 11) is 1.75. The fraction of sp³-hybridized carbons (Fsp3) is 0.417. The van der Waals surface area contributed by atoms with Crippen molar-refractivity contribution in [3.05, 3.63) is 51.9 Å². The molecule has 33 heavy (non-hydrogen) atoms. The van der Waals surface area contributed by atoms with E-state index in [1.54, 1.807) is 39.9 Å². The van der Waals surface area contributed by atoms with E-state index in [9.17, 15) is 4.79 Å². The first kappa shape index (κ1) is 21.6. The molecule has 1 aliphatic heterocycles. The zero-order chi connectivity index (χ0) is 23.3. The number of nitrogens with zero attached hydrogens (tertiary/aromatic N) is 7. The van der Waals surface area contributed by atoms with Gasteiger partial charge in [-0.05, 0) is 38.5 Å². The second kappa shape index (κ2) is 8.28. The molecule has 0 bridgehead atoms. The van der Waals surface area contributed by atoms with Crippen LogP contribution in [0.3, 0.4) is 0 Å². The molecule has 1 saturated heterocycles. The molecule has 5 rings (SSSR count). The summed E-state index contributed by atoms with van der Waals surface area (Å²) in [5.41, 5.74) is 6.54. The Labute approximate surface area is 196 Å². The standard InChI is InChI=1S/C24H27N7OS/c1-15-12-31(20-10-23(32)28(4)21-13-29(8-7-25)27-24(20)21)16(2)11-30(15)17(3)18-5-6-19-22(9-18)33-14-26-19/h5-6,9-10,13-17H,8,11-12H2,1-4H3/t15-,16+,17?/m1/s1. The van der Waals surface area contributed by atoms with E-state index in [-0.39, 0.29) is 30.2 Å². The number of hydrogen-bond donors (Lipinski definition) is 0. The van der Waals surface area contributed by atoms with Gasteiger partial charge in [0.25, 0.3) is 5.56 Å². The van der Waals surface area contributed by atoms with Crippen LogP contribution in [0.4, 0.5) is 5.69 Å². The Balaban J connectivity index is 1.46. The number of rotatable bonds is 4. The minimum absolute atomic E-state index is 0.0671. The lowest BCUT2D eigenvalue weighted by Gasteiger charge is -2.47. The molecule has 170 valence electrons. The number of pyridine rings is 1. The smallest absolute Gasteiger partial charge is 0.252 e. The number of hydrogen-bond acceptors (Lipinski definition) is 7. The van der Waals surface area contributed by atoms with Crippen LogP contribution in [0.5, 0.6) is 0 Å². The van der Waals surface area contributed by atoms with Gasteiger partial charge in [-0.25, -0.2) is 4.98 Å². The molecule has 1 aliphatic rings. The first-order valence-electron chi connectivity index (χ1n) is 11.2. The average molecular weight is 462 g/mol. The van der Waals surface area contributed by atoms with Gasteiger partial charge >= 0.3 is 0 Å². The van der Waals surface area contributed by atoms with E-state index < -0.39 is 0 Å². The Morgan fingerprint density at radius 1 is 1.24 bits per heavy atom. The van der Waals surface area contributed by atoms with Crippen LogP contribution < -0.4 is 10.5 Å². The van der Waals surface area contributed by atoms with Gasteiger partial charge in [0.05, 0.1) is 39.2 Å². The number of benzene rings is 1. The number of fused-ring (bicyclic) bond motifs is 2. The van der Waals surface area contributed by atoms with E-state index in [4.69, 9.17) is 5.26 Å². The van der Waals surface area contributed by atoms with Crippen LogP contribution in [-0.2, 0) is 13.6 Å². The van der Waals surface area contributed by atoms with Gasteiger partial charge in [-0.3, -0.25) is 14.4 Å². The van der Waals surface area contributed by atoms with E-state index in [1.165, 1.54) is 10.3 Å².